The van der Waals surface area contributed by atoms with Crippen molar-refractivity contribution in [3.63, 3.8) is 0 Å². The second kappa shape index (κ2) is 5.93. The van der Waals surface area contributed by atoms with E-state index in [2.05, 4.69) is 10.4 Å². The van der Waals surface area contributed by atoms with Crippen molar-refractivity contribution in [2.24, 2.45) is 30.5 Å². The molecule has 0 spiro atoms. The summed E-state index contributed by atoms with van der Waals surface area (Å²) < 4.78 is 1.96. The van der Waals surface area contributed by atoms with Crippen LogP contribution in [0.1, 0.15) is 62.2 Å². The first-order chi connectivity index (χ1) is 11.1. The number of hydrogen-bond donors (Lipinski definition) is 2. The molecule has 1 amide bonds. The lowest BCUT2D eigenvalue weighted by Gasteiger charge is -2.43. The topological polar surface area (TPSA) is 72.9 Å². The van der Waals surface area contributed by atoms with Crippen LogP contribution in [0.4, 0.5) is 0 Å². The monoisotopic (exact) mass is 316 g/mol. The van der Waals surface area contributed by atoms with Crippen molar-refractivity contribution in [2.45, 2.75) is 63.5 Å². The third-order valence-corrected chi connectivity index (χ3v) is 6.48. The van der Waals surface area contributed by atoms with E-state index >= 15 is 0 Å². The molecule has 2 saturated carbocycles. The molecule has 126 valence electrons. The Morgan fingerprint density at radius 1 is 1.26 bits per heavy atom. The fourth-order valence-corrected chi connectivity index (χ4v) is 5.15. The number of hydrogen-bond acceptors (Lipinski definition) is 3. The highest BCUT2D eigenvalue weighted by atomic mass is 16.1. The van der Waals surface area contributed by atoms with E-state index in [0.717, 1.165) is 32.1 Å². The number of carbonyl (C=O) groups is 1. The molecule has 1 aromatic rings. The summed E-state index contributed by atoms with van der Waals surface area (Å²) in [6, 6.07) is 0.475. The van der Waals surface area contributed by atoms with E-state index in [1.54, 1.807) is 0 Å². The number of aryl methyl sites for hydroxylation is 1. The van der Waals surface area contributed by atoms with Crippen molar-refractivity contribution in [3.8, 4) is 0 Å². The van der Waals surface area contributed by atoms with Gasteiger partial charge in [-0.15, -0.1) is 0 Å². The quantitative estimate of drug-likeness (QED) is 0.877. The Hall–Kier alpha value is -1.36. The maximum Gasteiger partial charge on any atom is 0.223 e. The fraction of sp³-hybridized carbons (Fsp3) is 0.778. The molecule has 1 aromatic heterocycles. The molecule has 0 aliphatic heterocycles. The standard InChI is InChI=1S/C18H28N4O/c1-22-16-7-3-6-15(14(16)10-20-22)21-18(23)13-8-11-4-2-5-12(9-13)17(11)19/h10-13,15,17H,2-9,19H2,1H3,(H,21,23). The van der Waals surface area contributed by atoms with E-state index in [9.17, 15) is 4.79 Å². The van der Waals surface area contributed by atoms with Crippen LogP contribution in [-0.2, 0) is 18.3 Å². The summed E-state index contributed by atoms with van der Waals surface area (Å²) in [4.78, 5) is 12.8. The van der Waals surface area contributed by atoms with Gasteiger partial charge in [-0.05, 0) is 56.8 Å². The van der Waals surface area contributed by atoms with Gasteiger partial charge in [0.15, 0.2) is 0 Å². The third kappa shape index (κ3) is 2.69. The molecule has 2 bridgehead atoms. The lowest BCUT2D eigenvalue weighted by atomic mass is 9.65. The number of carbonyl (C=O) groups excluding carboxylic acids is 1. The van der Waals surface area contributed by atoms with Crippen LogP contribution in [0.3, 0.4) is 0 Å². The molecule has 4 rings (SSSR count). The predicted octanol–water partition coefficient (Wildman–Crippen LogP) is 2.07. The summed E-state index contributed by atoms with van der Waals surface area (Å²) >= 11 is 0. The van der Waals surface area contributed by atoms with E-state index < -0.39 is 0 Å². The minimum absolute atomic E-state index is 0.149. The summed E-state index contributed by atoms with van der Waals surface area (Å²) in [7, 11) is 1.99. The summed E-state index contributed by atoms with van der Waals surface area (Å²) in [6.45, 7) is 0. The molecule has 3 atom stereocenters. The lowest BCUT2D eigenvalue weighted by Crippen LogP contribution is -2.49. The van der Waals surface area contributed by atoms with Gasteiger partial charge in [0.1, 0.15) is 0 Å². The van der Waals surface area contributed by atoms with Crippen LogP contribution in [-0.4, -0.2) is 21.7 Å². The first-order valence-corrected chi connectivity index (χ1v) is 9.20. The first kappa shape index (κ1) is 15.2. The van der Waals surface area contributed by atoms with Gasteiger partial charge in [-0.3, -0.25) is 9.48 Å². The minimum Gasteiger partial charge on any atom is -0.349 e. The van der Waals surface area contributed by atoms with E-state index in [-0.39, 0.29) is 17.9 Å². The highest BCUT2D eigenvalue weighted by molar-refractivity contribution is 5.79. The highest BCUT2D eigenvalue weighted by Gasteiger charge is 2.41. The van der Waals surface area contributed by atoms with Crippen molar-refractivity contribution in [1.29, 1.82) is 0 Å². The van der Waals surface area contributed by atoms with Crippen LogP contribution in [0.15, 0.2) is 6.20 Å². The lowest BCUT2D eigenvalue weighted by molar-refractivity contribution is -0.128. The number of amides is 1. The van der Waals surface area contributed by atoms with Gasteiger partial charge in [0, 0.05) is 30.3 Å². The van der Waals surface area contributed by atoms with Gasteiger partial charge in [0.25, 0.3) is 0 Å². The number of nitrogens with two attached hydrogens (primary N) is 1. The number of nitrogens with zero attached hydrogens (tertiary/aromatic N) is 2. The molecule has 2 fully saturated rings. The van der Waals surface area contributed by atoms with Crippen molar-refractivity contribution in [3.05, 3.63) is 17.5 Å². The molecule has 5 heteroatoms. The van der Waals surface area contributed by atoms with Crippen molar-refractivity contribution >= 4 is 5.91 Å². The van der Waals surface area contributed by atoms with Gasteiger partial charge in [-0.25, -0.2) is 0 Å². The molecule has 3 aliphatic carbocycles. The smallest absolute Gasteiger partial charge is 0.223 e. The first-order valence-electron chi connectivity index (χ1n) is 9.20. The van der Waals surface area contributed by atoms with Crippen molar-refractivity contribution < 1.29 is 4.79 Å². The number of nitrogens with one attached hydrogen (secondary N) is 1. The van der Waals surface area contributed by atoms with Gasteiger partial charge in [0.05, 0.1) is 12.2 Å². The molecule has 0 aromatic carbocycles. The molecule has 23 heavy (non-hydrogen) atoms. The SMILES string of the molecule is Cn1ncc2c1CCCC2NC(=O)C1CC2CCCC(C1)C2N. The Bertz CT molecular complexity index is 582. The van der Waals surface area contributed by atoms with Gasteiger partial charge in [-0.2, -0.15) is 5.10 Å². The zero-order chi connectivity index (χ0) is 16.0. The number of rotatable bonds is 2. The summed E-state index contributed by atoms with van der Waals surface area (Å²) in [6.07, 6.45) is 10.8. The summed E-state index contributed by atoms with van der Waals surface area (Å²) in [5.74, 6) is 1.51. The maximum atomic E-state index is 12.8. The van der Waals surface area contributed by atoms with Crippen LogP contribution < -0.4 is 11.1 Å². The third-order valence-electron chi connectivity index (χ3n) is 6.48. The fourth-order valence-electron chi connectivity index (χ4n) is 5.15. The largest absolute Gasteiger partial charge is 0.349 e. The van der Waals surface area contributed by atoms with E-state index in [4.69, 9.17) is 5.73 Å². The van der Waals surface area contributed by atoms with Crippen LogP contribution in [0.5, 0.6) is 0 Å². The van der Waals surface area contributed by atoms with Gasteiger partial charge >= 0.3 is 0 Å². The maximum absolute atomic E-state index is 12.8. The zero-order valence-corrected chi connectivity index (χ0v) is 14.0. The molecule has 3 aliphatic rings. The van der Waals surface area contributed by atoms with E-state index in [1.165, 1.54) is 30.5 Å². The summed E-state index contributed by atoms with van der Waals surface area (Å²) in [5.41, 5.74) is 8.86. The molecular formula is C18H28N4O. The van der Waals surface area contributed by atoms with Crippen LogP contribution in [0.2, 0.25) is 0 Å². The average molecular weight is 316 g/mol. The van der Waals surface area contributed by atoms with E-state index in [0.29, 0.717) is 17.9 Å². The number of fused-ring (bicyclic) bond motifs is 3. The molecule has 1 heterocycles. The van der Waals surface area contributed by atoms with Crippen LogP contribution in [0, 0.1) is 17.8 Å². The van der Waals surface area contributed by atoms with Crippen molar-refractivity contribution in [2.75, 3.05) is 0 Å². The Labute approximate surface area is 138 Å². The molecule has 5 nitrogen and oxygen atoms in total. The van der Waals surface area contributed by atoms with Gasteiger partial charge < -0.3 is 11.1 Å². The number of aromatic nitrogens is 2. The molecule has 3 N–H and O–H groups in total. The Morgan fingerprint density at radius 3 is 2.74 bits per heavy atom. The minimum atomic E-state index is 0.149. The van der Waals surface area contributed by atoms with Gasteiger partial charge in [0.2, 0.25) is 5.91 Å². The normalized spacial score (nSPS) is 36.3. The highest BCUT2D eigenvalue weighted by Crippen LogP contribution is 2.42. The second-order valence-corrected chi connectivity index (χ2v) is 7.82. The van der Waals surface area contributed by atoms with E-state index in [1.807, 2.05) is 17.9 Å². The molecule has 0 saturated heterocycles. The summed E-state index contributed by atoms with van der Waals surface area (Å²) in [5, 5.41) is 7.70. The Balaban J connectivity index is 1.45. The van der Waals surface area contributed by atoms with Crippen LogP contribution >= 0.6 is 0 Å². The molecule has 0 radical (unpaired) electrons. The average Bonchev–Trinajstić information content (AvgIpc) is 2.89. The predicted molar refractivity (Wildman–Crippen MR) is 88.6 cm³/mol. The second-order valence-electron chi connectivity index (χ2n) is 7.82. The zero-order valence-electron chi connectivity index (χ0n) is 14.0. The Kier molecular flexibility index (Phi) is 3.92. The van der Waals surface area contributed by atoms with Crippen LogP contribution in [0.25, 0.3) is 0 Å². The Morgan fingerprint density at radius 2 is 2.00 bits per heavy atom. The molecule has 3 unspecified atom stereocenters. The van der Waals surface area contributed by atoms with Crippen molar-refractivity contribution in [1.82, 2.24) is 15.1 Å². The molecular weight excluding hydrogens is 288 g/mol. The van der Waals surface area contributed by atoms with Gasteiger partial charge in [-0.1, -0.05) is 6.42 Å².